The van der Waals surface area contributed by atoms with Gasteiger partial charge in [-0.05, 0) is 23.8 Å². The predicted molar refractivity (Wildman–Crippen MR) is 76.2 cm³/mol. The number of rotatable bonds is 3. The highest BCUT2D eigenvalue weighted by Crippen LogP contribution is 2.31. The van der Waals surface area contributed by atoms with Crippen LogP contribution in [0.15, 0.2) is 47.2 Å². The van der Waals surface area contributed by atoms with E-state index in [1.54, 1.807) is 30.6 Å². The number of pyridine rings is 1. The minimum atomic E-state index is 0.326. The number of halogens is 1. The van der Waals surface area contributed by atoms with Crippen LogP contribution >= 0.6 is 11.6 Å². The van der Waals surface area contributed by atoms with Crippen molar-refractivity contribution in [3.63, 3.8) is 0 Å². The zero-order valence-electron chi connectivity index (χ0n) is 10.5. The monoisotopic (exact) mass is 286 g/mol. The Morgan fingerprint density at radius 2 is 2.10 bits per heavy atom. The highest BCUT2D eigenvalue weighted by atomic mass is 35.5. The number of aromatic nitrogens is 3. The normalized spacial score (nSPS) is 10.7. The van der Waals surface area contributed by atoms with Gasteiger partial charge in [0.25, 0.3) is 5.89 Å². The average Bonchev–Trinajstić information content (AvgIpc) is 2.88. The molecule has 0 saturated carbocycles. The molecule has 0 fully saturated rings. The second-order valence-corrected chi connectivity index (χ2v) is 4.67. The van der Waals surface area contributed by atoms with Crippen molar-refractivity contribution in [3.05, 3.63) is 59.1 Å². The molecule has 0 aliphatic heterocycles. The topological polar surface area (TPSA) is 77.8 Å². The van der Waals surface area contributed by atoms with Crippen LogP contribution in [0.4, 0.5) is 5.69 Å². The van der Waals surface area contributed by atoms with Crippen LogP contribution < -0.4 is 5.73 Å². The number of hydrogen-bond donors (Lipinski definition) is 1. The van der Waals surface area contributed by atoms with Gasteiger partial charge in [0, 0.05) is 24.5 Å². The molecular formula is C14H11ClN4O. The van der Waals surface area contributed by atoms with Crippen molar-refractivity contribution in [1.82, 2.24) is 15.1 Å². The van der Waals surface area contributed by atoms with E-state index in [9.17, 15) is 0 Å². The van der Waals surface area contributed by atoms with Crippen molar-refractivity contribution in [2.75, 3.05) is 5.73 Å². The Balaban J connectivity index is 1.91. The number of nitrogens with two attached hydrogens (primary N) is 1. The third-order valence-corrected chi connectivity index (χ3v) is 3.13. The summed E-state index contributed by atoms with van der Waals surface area (Å²) in [5.41, 5.74) is 7.98. The first-order valence-corrected chi connectivity index (χ1v) is 6.37. The van der Waals surface area contributed by atoms with Gasteiger partial charge in [0.05, 0.1) is 10.6 Å². The Bertz CT molecular complexity index is 707. The second-order valence-electron chi connectivity index (χ2n) is 4.26. The van der Waals surface area contributed by atoms with E-state index in [0.717, 1.165) is 5.56 Å². The molecular weight excluding hydrogens is 276 g/mol. The van der Waals surface area contributed by atoms with Gasteiger partial charge in [-0.1, -0.05) is 28.9 Å². The molecule has 0 aliphatic carbocycles. The summed E-state index contributed by atoms with van der Waals surface area (Å²) in [5.74, 6) is 0.888. The minimum absolute atomic E-state index is 0.326. The van der Waals surface area contributed by atoms with Crippen molar-refractivity contribution >= 4 is 17.3 Å². The zero-order valence-corrected chi connectivity index (χ0v) is 11.2. The van der Waals surface area contributed by atoms with E-state index in [-0.39, 0.29) is 0 Å². The van der Waals surface area contributed by atoms with Gasteiger partial charge in [0.2, 0.25) is 0 Å². The first-order chi connectivity index (χ1) is 9.74. The first kappa shape index (κ1) is 12.6. The van der Waals surface area contributed by atoms with Crippen molar-refractivity contribution in [1.29, 1.82) is 0 Å². The van der Waals surface area contributed by atoms with Crippen molar-refractivity contribution in [3.8, 4) is 11.5 Å². The van der Waals surface area contributed by atoms with E-state index in [1.165, 1.54) is 0 Å². The molecule has 0 unspecified atom stereocenters. The molecule has 6 heteroatoms. The molecule has 0 aliphatic rings. The smallest absolute Gasteiger partial charge is 0.261 e. The van der Waals surface area contributed by atoms with Gasteiger partial charge < -0.3 is 10.3 Å². The number of nitrogen functional groups attached to an aromatic ring is 1. The summed E-state index contributed by atoms with van der Waals surface area (Å²) in [5, 5.41) is 4.43. The fourth-order valence-corrected chi connectivity index (χ4v) is 2.14. The van der Waals surface area contributed by atoms with E-state index >= 15 is 0 Å². The quantitative estimate of drug-likeness (QED) is 0.749. The fraction of sp³-hybridized carbons (Fsp3) is 0.0714. The molecule has 2 N–H and O–H groups in total. The van der Waals surface area contributed by atoms with Crippen LogP contribution in [-0.2, 0) is 6.42 Å². The third kappa shape index (κ3) is 2.48. The van der Waals surface area contributed by atoms with Crippen LogP contribution in [0.5, 0.6) is 0 Å². The van der Waals surface area contributed by atoms with Crippen molar-refractivity contribution in [2.45, 2.75) is 6.42 Å². The average molecular weight is 287 g/mol. The van der Waals surface area contributed by atoms with Gasteiger partial charge in [-0.15, -0.1) is 0 Å². The molecule has 0 atom stereocenters. The van der Waals surface area contributed by atoms with Crippen LogP contribution in [0.1, 0.15) is 11.4 Å². The largest absolute Gasteiger partial charge is 0.398 e. The molecule has 20 heavy (non-hydrogen) atoms. The molecule has 100 valence electrons. The van der Waals surface area contributed by atoms with Crippen LogP contribution in [0.3, 0.4) is 0 Å². The molecule has 1 aromatic carbocycles. The Kier molecular flexibility index (Phi) is 3.35. The van der Waals surface area contributed by atoms with E-state index in [1.807, 2.05) is 12.1 Å². The van der Waals surface area contributed by atoms with Gasteiger partial charge in [-0.2, -0.15) is 4.98 Å². The lowest BCUT2D eigenvalue weighted by molar-refractivity contribution is 0.424. The van der Waals surface area contributed by atoms with Crippen molar-refractivity contribution in [2.24, 2.45) is 0 Å². The number of nitrogens with zero attached hydrogens (tertiary/aromatic N) is 3. The maximum atomic E-state index is 6.12. The Labute approximate surface area is 120 Å². The standard InChI is InChI=1S/C14H11ClN4O/c15-10-4-1-5-11(16)13(10)14-18-12(19-20-14)7-9-3-2-6-17-8-9/h1-6,8H,7,16H2. The maximum Gasteiger partial charge on any atom is 0.261 e. The van der Waals surface area contributed by atoms with E-state index in [2.05, 4.69) is 15.1 Å². The van der Waals surface area contributed by atoms with Gasteiger partial charge >= 0.3 is 0 Å². The summed E-state index contributed by atoms with van der Waals surface area (Å²) in [4.78, 5) is 8.37. The third-order valence-electron chi connectivity index (χ3n) is 2.81. The molecule has 0 spiro atoms. The molecule has 3 rings (SSSR count). The predicted octanol–water partition coefficient (Wildman–Crippen LogP) is 2.96. The molecule has 0 radical (unpaired) electrons. The molecule has 0 bridgehead atoms. The van der Waals surface area contributed by atoms with Crippen LogP contribution in [0.2, 0.25) is 5.02 Å². The van der Waals surface area contributed by atoms with Gasteiger partial charge in [-0.25, -0.2) is 0 Å². The Morgan fingerprint density at radius 3 is 2.85 bits per heavy atom. The van der Waals surface area contributed by atoms with E-state index < -0.39 is 0 Å². The summed E-state index contributed by atoms with van der Waals surface area (Å²) < 4.78 is 5.24. The highest BCUT2D eigenvalue weighted by Gasteiger charge is 2.15. The summed E-state index contributed by atoms with van der Waals surface area (Å²) in [7, 11) is 0. The molecule has 3 aromatic rings. The SMILES string of the molecule is Nc1cccc(Cl)c1-c1nc(Cc2cccnc2)no1. The fourth-order valence-electron chi connectivity index (χ4n) is 1.88. The molecule has 2 aromatic heterocycles. The van der Waals surface area contributed by atoms with Crippen LogP contribution in [0.25, 0.3) is 11.5 Å². The van der Waals surface area contributed by atoms with E-state index in [4.69, 9.17) is 21.9 Å². The Hall–Kier alpha value is -2.40. The van der Waals surface area contributed by atoms with Crippen molar-refractivity contribution < 1.29 is 4.52 Å². The van der Waals surface area contributed by atoms with Gasteiger partial charge in [-0.3, -0.25) is 4.98 Å². The minimum Gasteiger partial charge on any atom is -0.398 e. The maximum absolute atomic E-state index is 6.12. The lowest BCUT2D eigenvalue weighted by Crippen LogP contribution is -1.93. The summed E-state index contributed by atoms with van der Waals surface area (Å²) in [6.45, 7) is 0. The van der Waals surface area contributed by atoms with Crippen LogP contribution in [0, 0.1) is 0 Å². The number of anilines is 1. The second kappa shape index (κ2) is 5.30. The number of hydrogen-bond acceptors (Lipinski definition) is 5. The van der Waals surface area contributed by atoms with Gasteiger partial charge in [0.1, 0.15) is 0 Å². The lowest BCUT2D eigenvalue weighted by Gasteiger charge is -2.01. The molecule has 2 heterocycles. The Morgan fingerprint density at radius 1 is 1.20 bits per heavy atom. The zero-order chi connectivity index (χ0) is 13.9. The first-order valence-electron chi connectivity index (χ1n) is 6.00. The van der Waals surface area contributed by atoms with E-state index in [0.29, 0.717) is 34.4 Å². The summed E-state index contributed by atoms with van der Waals surface area (Å²) in [6.07, 6.45) is 4.02. The molecule has 0 saturated heterocycles. The lowest BCUT2D eigenvalue weighted by atomic mass is 10.2. The molecule has 0 amide bonds. The highest BCUT2D eigenvalue weighted by molar-refractivity contribution is 6.33. The summed E-state index contributed by atoms with van der Waals surface area (Å²) >= 11 is 6.12. The van der Waals surface area contributed by atoms with Crippen LogP contribution in [-0.4, -0.2) is 15.1 Å². The number of benzene rings is 1. The summed E-state index contributed by atoms with van der Waals surface area (Å²) in [6, 6.07) is 9.06. The molecule has 5 nitrogen and oxygen atoms in total. The van der Waals surface area contributed by atoms with Gasteiger partial charge in [0.15, 0.2) is 5.82 Å².